The van der Waals surface area contributed by atoms with Crippen molar-refractivity contribution in [1.82, 2.24) is 20.0 Å². The summed E-state index contributed by atoms with van der Waals surface area (Å²) in [6, 6.07) is 8.89. The number of ether oxygens (including phenoxy) is 1. The summed E-state index contributed by atoms with van der Waals surface area (Å²) in [5.74, 6) is 0.864. The lowest BCUT2D eigenvalue weighted by Crippen LogP contribution is -2.46. The summed E-state index contributed by atoms with van der Waals surface area (Å²) in [5, 5.41) is 3.47. The molecule has 0 bridgehead atoms. The van der Waals surface area contributed by atoms with Crippen molar-refractivity contribution in [2.75, 3.05) is 60.0 Å². The average Bonchev–Trinajstić information content (AvgIpc) is 2.77. The fraction of sp³-hybridized carbons (Fsp3) is 0.652. The van der Waals surface area contributed by atoms with Crippen molar-refractivity contribution in [3.63, 3.8) is 0 Å². The largest absolute Gasteiger partial charge is 0.466 e. The minimum Gasteiger partial charge on any atom is -0.466 e. The van der Waals surface area contributed by atoms with Crippen LogP contribution in [0.5, 0.6) is 0 Å². The lowest BCUT2D eigenvalue weighted by atomic mass is 9.97. The molecule has 0 atom stereocenters. The fourth-order valence-electron chi connectivity index (χ4n) is 4.13. The van der Waals surface area contributed by atoms with Crippen molar-refractivity contribution in [2.45, 2.75) is 32.9 Å². The molecule has 2 fully saturated rings. The molecular weight excluding hydrogens is 378 g/mol. The topological polar surface area (TPSA) is 60.4 Å². The van der Waals surface area contributed by atoms with Gasteiger partial charge >= 0.3 is 5.97 Å². The van der Waals surface area contributed by atoms with Crippen LogP contribution in [-0.2, 0) is 22.6 Å². The second-order valence-electron chi connectivity index (χ2n) is 8.31. The molecule has 2 aliphatic heterocycles. The number of piperidine rings is 1. The van der Waals surface area contributed by atoms with Crippen molar-refractivity contribution in [3.05, 3.63) is 35.4 Å². The summed E-state index contributed by atoms with van der Waals surface area (Å²) in [7, 11) is 4.01. The molecule has 30 heavy (non-hydrogen) atoms. The molecule has 2 saturated heterocycles. The van der Waals surface area contributed by atoms with Crippen molar-refractivity contribution in [1.29, 1.82) is 0 Å². The van der Waals surface area contributed by atoms with Gasteiger partial charge in [0.15, 0.2) is 5.96 Å². The van der Waals surface area contributed by atoms with Crippen LogP contribution in [0.25, 0.3) is 0 Å². The molecule has 1 aromatic carbocycles. The first kappa shape index (κ1) is 22.6. The lowest BCUT2D eigenvalue weighted by Gasteiger charge is -2.33. The summed E-state index contributed by atoms with van der Waals surface area (Å²) < 4.78 is 5.16. The number of nitrogens with zero attached hydrogens (tertiary/aromatic N) is 4. The molecular formula is C23H37N5O2. The van der Waals surface area contributed by atoms with Crippen LogP contribution >= 0.6 is 0 Å². The summed E-state index contributed by atoms with van der Waals surface area (Å²) >= 11 is 0. The lowest BCUT2D eigenvalue weighted by molar-refractivity contribution is -0.149. The highest BCUT2D eigenvalue weighted by Gasteiger charge is 2.27. The van der Waals surface area contributed by atoms with Crippen molar-refractivity contribution < 1.29 is 9.53 Å². The third kappa shape index (κ3) is 6.44. The Morgan fingerprint density at radius 3 is 2.30 bits per heavy atom. The zero-order valence-electron chi connectivity index (χ0n) is 18.8. The number of likely N-dealkylation sites (N-methyl/N-ethyl adjacent to an activating group) is 1. The minimum absolute atomic E-state index is 0.0205. The van der Waals surface area contributed by atoms with Gasteiger partial charge in [0.2, 0.25) is 0 Å². The molecule has 2 heterocycles. The van der Waals surface area contributed by atoms with E-state index in [0.29, 0.717) is 6.61 Å². The van der Waals surface area contributed by atoms with Crippen molar-refractivity contribution in [2.24, 2.45) is 10.9 Å². The van der Waals surface area contributed by atoms with E-state index in [-0.39, 0.29) is 11.9 Å². The summed E-state index contributed by atoms with van der Waals surface area (Å²) in [4.78, 5) is 23.5. The number of benzene rings is 1. The van der Waals surface area contributed by atoms with Gasteiger partial charge in [0, 0.05) is 59.4 Å². The molecule has 0 spiro atoms. The SMILES string of the molecule is CCOC(=O)C1CCN(C(=NC)NCc2ccc(CN3CCN(C)CC3)cc2)CC1. The van der Waals surface area contributed by atoms with Gasteiger partial charge in [-0.05, 0) is 37.9 Å². The van der Waals surface area contributed by atoms with E-state index in [1.54, 1.807) is 0 Å². The van der Waals surface area contributed by atoms with Gasteiger partial charge in [0.05, 0.1) is 12.5 Å². The number of esters is 1. The molecule has 7 heteroatoms. The summed E-state index contributed by atoms with van der Waals surface area (Å²) in [6.45, 7) is 10.3. The molecule has 1 N–H and O–H groups in total. The van der Waals surface area contributed by atoms with Crippen LogP contribution in [0.15, 0.2) is 29.3 Å². The van der Waals surface area contributed by atoms with Crippen LogP contribution in [0.4, 0.5) is 0 Å². The van der Waals surface area contributed by atoms with E-state index in [9.17, 15) is 4.79 Å². The monoisotopic (exact) mass is 415 g/mol. The third-order valence-electron chi connectivity index (χ3n) is 6.10. The summed E-state index contributed by atoms with van der Waals surface area (Å²) in [6.07, 6.45) is 1.64. The van der Waals surface area contributed by atoms with E-state index < -0.39 is 0 Å². The van der Waals surface area contributed by atoms with Crippen molar-refractivity contribution >= 4 is 11.9 Å². The Morgan fingerprint density at radius 2 is 1.70 bits per heavy atom. The molecule has 7 nitrogen and oxygen atoms in total. The molecule has 166 valence electrons. The second-order valence-corrected chi connectivity index (χ2v) is 8.31. The van der Waals surface area contributed by atoms with E-state index in [2.05, 4.69) is 56.3 Å². The Kier molecular flexibility index (Phi) is 8.51. The third-order valence-corrected chi connectivity index (χ3v) is 6.10. The number of hydrogen-bond donors (Lipinski definition) is 1. The zero-order chi connectivity index (χ0) is 21.3. The highest BCUT2D eigenvalue weighted by atomic mass is 16.5. The summed E-state index contributed by atoms with van der Waals surface area (Å²) in [5.41, 5.74) is 2.62. The van der Waals surface area contributed by atoms with Gasteiger partial charge < -0.3 is 19.9 Å². The number of carbonyl (C=O) groups is 1. The number of carbonyl (C=O) groups excluding carboxylic acids is 1. The zero-order valence-corrected chi connectivity index (χ0v) is 18.8. The predicted octanol–water partition coefficient (Wildman–Crippen LogP) is 1.78. The number of piperazine rings is 1. The molecule has 0 radical (unpaired) electrons. The Labute approximate surface area is 181 Å². The number of nitrogens with one attached hydrogen (secondary N) is 1. The normalized spacial score (nSPS) is 19.7. The standard InChI is InChI=1S/C23H37N5O2/c1-4-30-22(29)21-9-11-28(12-10-21)23(24-2)25-17-19-5-7-20(8-6-19)18-27-15-13-26(3)14-16-27/h5-8,21H,4,9-18H2,1-3H3,(H,24,25). The maximum Gasteiger partial charge on any atom is 0.309 e. The molecule has 0 unspecified atom stereocenters. The molecule has 1 aromatic rings. The number of rotatable bonds is 6. The van der Waals surface area contributed by atoms with Crippen LogP contribution in [0.3, 0.4) is 0 Å². The van der Waals surface area contributed by atoms with Crippen LogP contribution in [-0.4, -0.2) is 86.6 Å². The van der Waals surface area contributed by atoms with Gasteiger partial charge in [0.25, 0.3) is 0 Å². The molecule has 0 aliphatic carbocycles. The Morgan fingerprint density at radius 1 is 1.07 bits per heavy atom. The smallest absolute Gasteiger partial charge is 0.309 e. The van der Waals surface area contributed by atoms with Crippen LogP contribution in [0, 0.1) is 5.92 Å². The Hall–Kier alpha value is -2.12. The van der Waals surface area contributed by atoms with E-state index >= 15 is 0 Å². The van der Waals surface area contributed by atoms with Gasteiger partial charge in [-0.3, -0.25) is 14.7 Å². The highest BCUT2D eigenvalue weighted by Crippen LogP contribution is 2.19. The first-order valence-electron chi connectivity index (χ1n) is 11.2. The number of hydrogen-bond acceptors (Lipinski definition) is 5. The van der Waals surface area contributed by atoms with Gasteiger partial charge in [-0.1, -0.05) is 24.3 Å². The molecule has 0 saturated carbocycles. The maximum absolute atomic E-state index is 11.9. The van der Waals surface area contributed by atoms with Gasteiger partial charge in [0.1, 0.15) is 0 Å². The Balaban J connectivity index is 1.43. The maximum atomic E-state index is 11.9. The Bertz CT molecular complexity index is 690. The fourth-order valence-corrected chi connectivity index (χ4v) is 4.13. The second kappa shape index (κ2) is 11.3. The van der Waals surface area contributed by atoms with Crippen LogP contribution in [0.2, 0.25) is 0 Å². The van der Waals surface area contributed by atoms with Gasteiger partial charge in [-0.15, -0.1) is 0 Å². The minimum atomic E-state index is -0.0586. The molecule has 0 amide bonds. The van der Waals surface area contributed by atoms with Crippen LogP contribution in [0.1, 0.15) is 30.9 Å². The van der Waals surface area contributed by atoms with E-state index in [0.717, 1.165) is 71.2 Å². The van der Waals surface area contributed by atoms with E-state index in [4.69, 9.17) is 4.74 Å². The van der Waals surface area contributed by atoms with Gasteiger partial charge in [-0.25, -0.2) is 0 Å². The number of aliphatic imine (C=N–C) groups is 1. The number of guanidine groups is 1. The molecule has 0 aromatic heterocycles. The predicted molar refractivity (Wildman–Crippen MR) is 120 cm³/mol. The van der Waals surface area contributed by atoms with E-state index in [1.165, 1.54) is 11.1 Å². The number of likely N-dealkylation sites (tertiary alicyclic amines) is 1. The first-order chi connectivity index (χ1) is 14.6. The highest BCUT2D eigenvalue weighted by molar-refractivity contribution is 5.80. The quantitative estimate of drug-likeness (QED) is 0.434. The van der Waals surface area contributed by atoms with Crippen LogP contribution < -0.4 is 5.32 Å². The van der Waals surface area contributed by atoms with Gasteiger partial charge in [-0.2, -0.15) is 0 Å². The average molecular weight is 416 g/mol. The van der Waals surface area contributed by atoms with E-state index in [1.807, 2.05) is 14.0 Å². The molecule has 2 aliphatic rings. The first-order valence-corrected chi connectivity index (χ1v) is 11.2. The molecule has 3 rings (SSSR count). The van der Waals surface area contributed by atoms with Crippen molar-refractivity contribution in [3.8, 4) is 0 Å².